The van der Waals surface area contributed by atoms with Gasteiger partial charge in [0.05, 0.1) is 0 Å². The second-order valence-corrected chi connectivity index (χ2v) is 4.43. The molecule has 1 aromatic carbocycles. The van der Waals surface area contributed by atoms with Gasteiger partial charge >= 0.3 is 0 Å². The van der Waals surface area contributed by atoms with Crippen LogP contribution in [0.2, 0.25) is 0 Å². The molecule has 0 amide bonds. The Labute approximate surface area is 91.4 Å². The van der Waals surface area contributed by atoms with Gasteiger partial charge in [0.25, 0.3) is 0 Å². The van der Waals surface area contributed by atoms with E-state index in [1.165, 1.54) is 23.1 Å². The first-order valence-electron chi connectivity index (χ1n) is 5.62. The average molecular weight is 202 g/mol. The van der Waals surface area contributed by atoms with Gasteiger partial charge in [0, 0.05) is 0 Å². The molecule has 0 saturated heterocycles. The smallest absolute Gasteiger partial charge is 0.100 e. The summed E-state index contributed by atoms with van der Waals surface area (Å²) in [6.07, 6.45) is 5.17. The zero-order chi connectivity index (χ0) is 10.8. The lowest BCUT2D eigenvalue weighted by Crippen LogP contribution is -2.02. The number of rotatable bonds is 2. The van der Waals surface area contributed by atoms with Crippen molar-refractivity contribution in [1.82, 2.24) is 0 Å². The van der Waals surface area contributed by atoms with E-state index < -0.39 is 0 Å². The van der Waals surface area contributed by atoms with E-state index >= 15 is 0 Å². The zero-order valence-corrected chi connectivity index (χ0v) is 9.46. The van der Waals surface area contributed by atoms with Crippen LogP contribution in [-0.2, 0) is 0 Å². The van der Waals surface area contributed by atoms with Crippen LogP contribution in [0.4, 0.5) is 0 Å². The first-order valence-corrected chi connectivity index (χ1v) is 5.62. The molecular formula is C14H18O. The van der Waals surface area contributed by atoms with Crippen molar-refractivity contribution in [2.75, 3.05) is 0 Å². The van der Waals surface area contributed by atoms with E-state index in [0.29, 0.717) is 0 Å². The van der Waals surface area contributed by atoms with Crippen LogP contribution in [0.1, 0.15) is 42.1 Å². The van der Waals surface area contributed by atoms with E-state index in [4.69, 9.17) is 0 Å². The molecule has 1 aliphatic rings. The Morgan fingerprint density at radius 3 is 2.67 bits per heavy atom. The van der Waals surface area contributed by atoms with Crippen LogP contribution in [-0.4, -0.2) is 5.11 Å². The molecule has 1 aliphatic carbocycles. The minimum atomic E-state index is -0.381. The van der Waals surface area contributed by atoms with Crippen molar-refractivity contribution in [2.24, 2.45) is 0 Å². The monoisotopic (exact) mass is 202 g/mol. The lowest BCUT2D eigenvalue weighted by atomic mass is 9.96. The van der Waals surface area contributed by atoms with Gasteiger partial charge in [0.15, 0.2) is 0 Å². The van der Waals surface area contributed by atoms with Crippen molar-refractivity contribution in [1.29, 1.82) is 0 Å². The highest BCUT2D eigenvalue weighted by molar-refractivity contribution is 5.36. The van der Waals surface area contributed by atoms with E-state index in [2.05, 4.69) is 38.1 Å². The quantitative estimate of drug-likeness (QED) is 0.728. The molecule has 0 aromatic heterocycles. The fourth-order valence-corrected chi connectivity index (χ4v) is 2.28. The Hall–Kier alpha value is -1.08. The van der Waals surface area contributed by atoms with Crippen LogP contribution in [0.15, 0.2) is 29.8 Å². The molecule has 0 heterocycles. The Morgan fingerprint density at radius 2 is 2.07 bits per heavy atom. The Kier molecular flexibility index (Phi) is 2.92. The van der Waals surface area contributed by atoms with E-state index in [0.717, 1.165) is 18.4 Å². The number of benzene rings is 1. The van der Waals surface area contributed by atoms with Crippen molar-refractivity contribution in [3.8, 4) is 0 Å². The van der Waals surface area contributed by atoms with Gasteiger partial charge in [-0.1, -0.05) is 29.8 Å². The van der Waals surface area contributed by atoms with Gasteiger partial charge in [-0.25, -0.2) is 0 Å². The molecule has 1 N–H and O–H groups in total. The summed E-state index contributed by atoms with van der Waals surface area (Å²) in [7, 11) is 0. The topological polar surface area (TPSA) is 20.2 Å². The predicted octanol–water partition coefficient (Wildman–Crippen LogP) is 3.45. The van der Waals surface area contributed by atoms with E-state index in [1.54, 1.807) is 0 Å². The number of aliphatic hydroxyl groups is 1. The molecule has 1 aromatic rings. The van der Waals surface area contributed by atoms with Crippen LogP contribution < -0.4 is 0 Å². The summed E-state index contributed by atoms with van der Waals surface area (Å²) in [6.45, 7) is 4.15. The summed E-state index contributed by atoms with van der Waals surface area (Å²) in [5.74, 6) is 0. The van der Waals surface area contributed by atoms with Crippen LogP contribution in [0.5, 0.6) is 0 Å². The van der Waals surface area contributed by atoms with Crippen LogP contribution in [0.25, 0.3) is 0 Å². The zero-order valence-electron chi connectivity index (χ0n) is 9.46. The summed E-state index contributed by atoms with van der Waals surface area (Å²) >= 11 is 0. The fraction of sp³-hybridized carbons (Fsp3) is 0.429. The molecule has 1 nitrogen and oxygen atoms in total. The lowest BCUT2D eigenvalue weighted by Gasteiger charge is -2.15. The Morgan fingerprint density at radius 1 is 1.27 bits per heavy atom. The second kappa shape index (κ2) is 4.19. The molecule has 0 saturated carbocycles. The third kappa shape index (κ3) is 2.13. The molecule has 2 rings (SSSR count). The van der Waals surface area contributed by atoms with E-state index in [1.807, 2.05) is 0 Å². The maximum atomic E-state index is 10.2. The van der Waals surface area contributed by atoms with Gasteiger partial charge in [-0.2, -0.15) is 0 Å². The first kappa shape index (κ1) is 10.4. The first-order chi connectivity index (χ1) is 7.18. The van der Waals surface area contributed by atoms with Crippen LogP contribution in [0.3, 0.4) is 0 Å². The highest BCUT2D eigenvalue weighted by atomic mass is 16.3. The number of aliphatic hydroxyl groups excluding tert-OH is 1. The summed E-state index contributed by atoms with van der Waals surface area (Å²) in [5.41, 5.74) is 4.70. The van der Waals surface area contributed by atoms with Crippen LogP contribution >= 0.6 is 0 Å². The van der Waals surface area contributed by atoms with E-state index in [9.17, 15) is 5.11 Å². The third-order valence-corrected chi connectivity index (χ3v) is 3.15. The largest absolute Gasteiger partial charge is 0.384 e. The highest BCUT2D eigenvalue weighted by Gasteiger charge is 2.17. The van der Waals surface area contributed by atoms with Crippen molar-refractivity contribution in [3.05, 3.63) is 46.5 Å². The molecule has 0 radical (unpaired) electrons. The number of hydrogen-bond acceptors (Lipinski definition) is 1. The summed E-state index contributed by atoms with van der Waals surface area (Å²) in [5, 5.41) is 10.2. The number of allylic oxidation sites excluding steroid dienone is 1. The SMILES string of the molecule is Cc1ccc(C(O)C2=CCCC2)c(C)c1. The minimum absolute atomic E-state index is 0.381. The summed E-state index contributed by atoms with van der Waals surface area (Å²) in [4.78, 5) is 0. The van der Waals surface area contributed by atoms with Gasteiger partial charge in [-0.15, -0.1) is 0 Å². The van der Waals surface area contributed by atoms with Gasteiger partial charge in [-0.05, 0) is 49.8 Å². The Bertz CT molecular complexity index is 390. The van der Waals surface area contributed by atoms with Gasteiger partial charge < -0.3 is 5.11 Å². The fourth-order valence-electron chi connectivity index (χ4n) is 2.28. The van der Waals surface area contributed by atoms with Crippen molar-refractivity contribution >= 4 is 0 Å². The maximum absolute atomic E-state index is 10.2. The van der Waals surface area contributed by atoms with E-state index in [-0.39, 0.29) is 6.10 Å². The third-order valence-electron chi connectivity index (χ3n) is 3.15. The molecule has 80 valence electrons. The summed E-state index contributed by atoms with van der Waals surface area (Å²) < 4.78 is 0. The molecular weight excluding hydrogens is 184 g/mol. The molecule has 1 unspecified atom stereocenters. The van der Waals surface area contributed by atoms with Gasteiger partial charge in [0.1, 0.15) is 6.10 Å². The standard InChI is InChI=1S/C14H18O/c1-10-7-8-13(11(2)9-10)14(15)12-5-3-4-6-12/h5,7-9,14-15H,3-4,6H2,1-2H3. The highest BCUT2D eigenvalue weighted by Crippen LogP contribution is 2.32. The number of hydrogen-bond donors (Lipinski definition) is 1. The van der Waals surface area contributed by atoms with Gasteiger partial charge in [0.2, 0.25) is 0 Å². The normalized spacial score (nSPS) is 17.7. The van der Waals surface area contributed by atoms with Crippen molar-refractivity contribution < 1.29 is 5.11 Å². The second-order valence-electron chi connectivity index (χ2n) is 4.43. The molecule has 0 fully saturated rings. The Balaban J connectivity index is 2.28. The molecule has 1 atom stereocenters. The van der Waals surface area contributed by atoms with Crippen molar-refractivity contribution in [3.63, 3.8) is 0 Å². The molecule has 0 aliphatic heterocycles. The molecule has 0 bridgehead atoms. The number of aryl methyl sites for hydroxylation is 2. The summed E-state index contributed by atoms with van der Waals surface area (Å²) in [6, 6.07) is 6.25. The lowest BCUT2D eigenvalue weighted by molar-refractivity contribution is 0.212. The predicted molar refractivity (Wildman–Crippen MR) is 62.8 cm³/mol. The van der Waals surface area contributed by atoms with Gasteiger partial charge in [-0.3, -0.25) is 0 Å². The van der Waals surface area contributed by atoms with Crippen molar-refractivity contribution in [2.45, 2.75) is 39.2 Å². The molecule has 0 spiro atoms. The maximum Gasteiger partial charge on any atom is 0.100 e. The molecule has 1 heteroatoms. The minimum Gasteiger partial charge on any atom is -0.384 e. The molecule has 15 heavy (non-hydrogen) atoms. The average Bonchev–Trinajstić information content (AvgIpc) is 2.69. The van der Waals surface area contributed by atoms with Crippen LogP contribution in [0, 0.1) is 13.8 Å².